The van der Waals surface area contributed by atoms with Crippen LogP contribution in [0.4, 0.5) is 0 Å². The van der Waals surface area contributed by atoms with Crippen molar-refractivity contribution in [3.63, 3.8) is 0 Å². The summed E-state index contributed by atoms with van der Waals surface area (Å²) in [5.74, 6) is -1.08. The van der Waals surface area contributed by atoms with E-state index in [1.54, 1.807) is 42.5 Å². The number of nitrogens with zero attached hydrogens (tertiary/aromatic N) is 1. The van der Waals surface area contributed by atoms with Crippen molar-refractivity contribution in [2.24, 2.45) is 0 Å². The highest BCUT2D eigenvalue weighted by Gasteiger charge is 2.38. The zero-order chi connectivity index (χ0) is 20.3. The van der Waals surface area contributed by atoms with Gasteiger partial charge in [0.25, 0.3) is 5.91 Å². The van der Waals surface area contributed by atoms with E-state index in [4.69, 9.17) is 17.0 Å². The van der Waals surface area contributed by atoms with E-state index in [1.807, 2.05) is 6.07 Å². The molecule has 0 saturated carbocycles. The molecule has 1 heterocycles. The molecule has 1 amide bonds. The lowest BCUT2D eigenvalue weighted by atomic mass is 10.0. The van der Waals surface area contributed by atoms with Crippen LogP contribution in [-0.4, -0.2) is 38.4 Å². The second-order valence-corrected chi connectivity index (χ2v) is 7.68. The minimum Gasteiger partial charge on any atom is -0.504 e. The maximum Gasteiger partial charge on any atom is 0.305 e. The molecule has 1 fully saturated rings. The van der Waals surface area contributed by atoms with Crippen molar-refractivity contribution in [1.82, 2.24) is 4.90 Å². The number of hydrogen-bond acceptors (Lipinski definition) is 6. The number of hydrogen-bond donors (Lipinski definition) is 2. The molecule has 1 atom stereocenters. The Morgan fingerprint density at radius 3 is 2.64 bits per heavy atom. The first kappa shape index (κ1) is 19.9. The number of phenols is 1. The second-order valence-electron chi connectivity index (χ2n) is 6.01. The molecule has 2 aromatic rings. The largest absolute Gasteiger partial charge is 0.504 e. The van der Waals surface area contributed by atoms with Crippen LogP contribution in [0.3, 0.4) is 0 Å². The van der Waals surface area contributed by atoms with Crippen LogP contribution in [0.2, 0.25) is 0 Å². The first-order chi connectivity index (χ1) is 13.4. The third kappa shape index (κ3) is 4.18. The number of ether oxygens (including phenoxy) is 1. The second kappa shape index (κ2) is 8.45. The molecular weight excluding hydrogens is 398 g/mol. The molecule has 0 unspecified atom stereocenters. The molecular formula is C20H17NO5S2. The van der Waals surface area contributed by atoms with E-state index in [1.165, 1.54) is 18.1 Å². The van der Waals surface area contributed by atoms with Gasteiger partial charge in [0.05, 0.1) is 24.5 Å². The molecule has 0 aliphatic carbocycles. The van der Waals surface area contributed by atoms with Gasteiger partial charge in [-0.2, -0.15) is 0 Å². The fourth-order valence-electron chi connectivity index (χ4n) is 2.88. The lowest BCUT2D eigenvalue weighted by Gasteiger charge is -2.26. The lowest BCUT2D eigenvalue weighted by Crippen LogP contribution is -2.34. The summed E-state index contributed by atoms with van der Waals surface area (Å²) in [6.45, 7) is 0. The average molecular weight is 415 g/mol. The van der Waals surface area contributed by atoms with Gasteiger partial charge in [-0.3, -0.25) is 14.5 Å². The van der Waals surface area contributed by atoms with Gasteiger partial charge in [-0.1, -0.05) is 60.4 Å². The first-order valence-corrected chi connectivity index (χ1v) is 9.54. The maximum absolute atomic E-state index is 13.0. The molecule has 1 aliphatic heterocycles. The highest BCUT2D eigenvalue weighted by atomic mass is 32.2. The summed E-state index contributed by atoms with van der Waals surface area (Å²) in [5.41, 5.74) is 1.36. The normalized spacial score (nSPS) is 16.5. The van der Waals surface area contributed by atoms with E-state index in [0.29, 0.717) is 20.4 Å². The summed E-state index contributed by atoms with van der Waals surface area (Å²) in [6.07, 6.45) is 1.39. The van der Waals surface area contributed by atoms with Gasteiger partial charge >= 0.3 is 5.97 Å². The fraction of sp³-hybridized carbons (Fsp3) is 0.150. The van der Waals surface area contributed by atoms with Crippen LogP contribution in [0.25, 0.3) is 6.08 Å². The van der Waals surface area contributed by atoms with Crippen molar-refractivity contribution >= 4 is 46.3 Å². The van der Waals surface area contributed by atoms with Gasteiger partial charge in [-0.25, -0.2) is 0 Å². The van der Waals surface area contributed by atoms with Gasteiger partial charge in [-0.15, -0.1) is 0 Å². The van der Waals surface area contributed by atoms with Gasteiger partial charge in [0.1, 0.15) is 4.32 Å². The molecule has 0 radical (unpaired) electrons. The number of rotatable bonds is 6. The Labute approximate surface area is 171 Å². The predicted molar refractivity (Wildman–Crippen MR) is 111 cm³/mol. The molecule has 6 nitrogen and oxygen atoms in total. The van der Waals surface area contributed by atoms with Gasteiger partial charge in [0.2, 0.25) is 0 Å². The number of thiocarbonyl (C=S) groups is 1. The van der Waals surface area contributed by atoms with Crippen molar-refractivity contribution in [1.29, 1.82) is 0 Å². The molecule has 0 aromatic heterocycles. The van der Waals surface area contributed by atoms with E-state index < -0.39 is 12.0 Å². The number of thioether (sulfide) groups is 1. The van der Waals surface area contributed by atoms with Crippen LogP contribution in [0.1, 0.15) is 23.6 Å². The number of methoxy groups -OCH3 is 1. The number of phenolic OH excluding ortho intramolecular Hbond substituents is 1. The summed E-state index contributed by atoms with van der Waals surface area (Å²) in [6, 6.07) is 13.0. The van der Waals surface area contributed by atoms with E-state index in [2.05, 4.69) is 0 Å². The predicted octanol–water partition coefficient (Wildman–Crippen LogP) is 3.82. The molecule has 1 aliphatic rings. The number of carbonyl (C=O) groups is 2. The number of carboxylic acid groups (broad SMARTS) is 1. The zero-order valence-corrected chi connectivity index (χ0v) is 16.5. The van der Waals surface area contributed by atoms with Gasteiger partial charge < -0.3 is 14.9 Å². The Bertz CT molecular complexity index is 958. The van der Waals surface area contributed by atoms with Crippen molar-refractivity contribution in [2.45, 2.75) is 12.5 Å². The number of carboxylic acids is 1. The van der Waals surface area contributed by atoms with Crippen LogP contribution in [0.5, 0.6) is 11.5 Å². The number of aliphatic carboxylic acids is 1. The highest BCUT2D eigenvalue weighted by Crippen LogP contribution is 2.40. The van der Waals surface area contributed by atoms with Gasteiger partial charge in [0, 0.05) is 0 Å². The summed E-state index contributed by atoms with van der Waals surface area (Å²) < 4.78 is 5.39. The molecule has 28 heavy (non-hydrogen) atoms. The minimum atomic E-state index is -1.02. The number of benzene rings is 2. The number of aromatic hydroxyl groups is 1. The summed E-state index contributed by atoms with van der Waals surface area (Å²) in [4.78, 5) is 26.1. The van der Waals surface area contributed by atoms with Crippen molar-refractivity contribution < 1.29 is 24.5 Å². The number of carbonyl (C=O) groups excluding carboxylic acids is 1. The van der Waals surface area contributed by atoms with E-state index in [9.17, 15) is 19.8 Å². The maximum atomic E-state index is 13.0. The van der Waals surface area contributed by atoms with Gasteiger partial charge in [0.15, 0.2) is 11.5 Å². The summed E-state index contributed by atoms with van der Waals surface area (Å²) >= 11 is 6.50. The van der Waals surface area contributed by atoms with Crippen LogP contribution in [0, 0.1) is 0 Å². The molecule has 144 valence electrons. The van der Waals surface area contributed by atoms with Crippen molar-refractivity contribution in [3.8, 4) is 11.5 Å². The smallest absolute Gasteiger partial charge is 0.305 e. The quantitative estimate of drug-likeness (QED) is 0.548. The molecule has 3 rings (SSSR count). The van der Waals surface area contributed by atoms with Crippen LogP contribution >= 0.6 is 24.0 Å². The summed E-state index contributed by atoms with van der Waals surface area (Å²) in [7, 11) is 1.44. The average Bonchev–Trinajstić information content (AvgIpc) is 2.95. The van der Waals surface area contributed by atoms with Crippen LogP contribution < -0.4 is 4.74 Å². The SMILES string of the molecule is COc1cc(/C=C2\SC(=S)N([C@H](CC(=O)O)c3ccccc3)C2=O)ccc1O. The third-order valence-corrected chi connectivity index (χ3v) is 5.52. The topological polar surface area (TPSA) is 87.1 Å². The Morgan fingerprint density at radius 2 is 2.00 bits per heavy atom. The monoisotopic (exact) mass is 415 g/mol. The number of amides is 1. The van der Waals surface area contributed by atoms with Crippen molar-refractivity contribution in [3.05, 3.63) is 64.6 Å². The Kier molecular flexibility index (Phi) is 6.01. The van der Waals surface area contributed by atoms with Crippen molar-refractivity contribution in [2.75, 3.05) is 7.11 Å². The zero-order valence-electron chi connectivity index (χ0n) is 14.9. The van der Waals surface area contributed by atoms with E-state index in [0.717, 1.165) is 11.8 Å². The standard InChI is InChI=1S/C20H17NO5S2/c1-26-16-9-12(7-8-15(16)22)10-17-19(25)21(20(27)28-17)14(11-18(23)24)13-5-3-2-4-6-13/h2-10,14,22H,11H2,1H3,(H,23,24)/b17-10-/t14-/m1/s1. The fourth-order valence-corrected chi connectivity index (χ4v) is 4.24. The molecule has 0 bridgehead atoms. The Hall–Kier alpha value is -2.84. The summed E-state index contributed by atoms with van der Waals surface area (Å²) in [5, 5.41) is 19.0. The third-order valence-electron chi connectivity index (χ3n) is 4.19. The molecule has 2 aromatic carbocycles. The van der Waals surface area contributed by atoms with E-state index in [-0.39, 0.29) is 23.8 Å². The van der Waals surface area contributed by atoms with Crippen LogP contribution in [-0.2, 0) is 9.59 Å². The lowest BCUT2D eigenvalue weighted by molar-refractivity contribution is -0.138. The van der Waals surface area contributed by atoms with Gasteiger partial charge in [-0.05, 0) is 29.3 Å². The van der Waals surface area contributed by atoms with E-state index >= 15 is 0 Å². The molecule has 1 saturated heterocycles. The molecule has 0 spiro atoms. The Balaban J connectivity index is 1.94. The Morgan fingerprint density at radius 1 is 1.29 bits per heavy atom. The minimum absolute atomic E-state index is 0.00204. The van der Waals surface area contributed by atoms with Crippen LogP contribution in [0.15, 0.2) is 53.4 Å². The highest BCUT2D eigenvalue weighted by molar-refractivity contribution is 8.26. The molecule has 8 heteroatoms. The molecule has 2 N–H and O–H groups in total. The first-order valence-electron chi connectivity index (χ1n) is 8.31.